The van der Waals surface area contributed by atoms with Gasteiger partial charge in [0.2, 0.25) is 0 Å². The Kier molecular flexibility index (Phi) is 6.34. The van der Waals surface area contributed by atoms with Gasteiger partial charge in [0.05, 0.1) is 0 Å². The quantitative estimate of drug-likeness (QED) is 0.367. The minimum Gasteiger partial charge on any atom is -0.508 e. The highest BCUT2D eigenvalue weighted by Gasteiger charge is 2.52. The Morgan fingerprint density at radius 3 is 2.71 bits per heavy atom. The maximum absolute atomic E-state index is 9.92. The Morgan fingerprint density at radius 2 is 1.97 bits per heavy atom. The average Bonchev–Trinajstić information content (AvgIpc) is 3.07. The van der Waals surface area contributed by atoms with Gasteiger partial charge in [0.25, 0.3) is 0 Å². The SMILES string of the molecule is C[C@H](CCCCC(C)(C)N(C)C)C1=CC[C@H]2[C@@H]3CCc4cc(O)ccc4[C@H]3CC[C@]12C. The van der Waals surface area contributed by atoms with Crippen LogP contribution in [0.25, 0.3) is 0 Å². The first-order valence-electron chi connectivity index (χ1n) is 12.8. The minimum absolute atomic E-state index is 0.305. The van der Waals surface area contributed by atoms with E-state index in [1.807, 2.05) is 12.1 Å². The van der Waals surface area contributed by atoms with E-state index in [2.05, 4.69) is 58.8 Å². The third-order valence-electron chi connectivity index (χ3n) is 9.77. The number of hydrogen-bond acceptors (Lipinski definition) is 2. The Labute approximate surface area is 191 Å². The van der Waals surface area contributed by atoms with E-state index in [1.165, 1.54) is 56.9 Å². The zero-order valence-corrected chi connectivity index (χ0v) is 20.9. The van der Waals surface area contributed by atoms with Gasteiger partial charge in [0.1, 0.15) is 5.75 Å². The van der Waals surface area contributed by atoms with Crippen molar-refractivity contribution < 1.29 is 5.11 Å². The fourth-order valence-electron chi connectivity index (χ4n) is 7.32. The second-order valence-corrected chi connectivity index (χ2v) is 12.0. The first kappa shape index (κ1) is 22.9. The van der Waals surface area contributed by atoms with E-state index in [4.69, 9.17) is 0 Å². The minimum atomic E-state index is 0.305. The van der Waals surface area contributed by atoms with Gasteiger partial charge >= 0.3 is 0 Å². The van der Waals surface area contributed by atoms with Crippen LogP contribution >= 0.6 is 0 Å². The Hall–Kier alpha value is -1.28. The molecule has 2 heteroatoms. The largest absolute Gasteiger partial charge is 0.508 e. The van der Waals surface area contributed by atoms with Gasteiger partial charge in [-0.15, -0.1) is 0 Å². The molecular formula is C29H45NO. The van der Waals surface area contributed by atoms with Gasteiger partial charge in [-0.05, 0) is 125 Å². The molecule has 5 atom stereocenters. The lowest BCUT2D eigenvalue weighted by atomic mass is 9.53. The predicted octanol–water partition coefficient (Wildman–Crippen LogP) is 7.32. The van der Waals surface area contributed by atoms with Crippen LogP contribution in [0.3, 0.4) is 0 Å². The molecule has 4 rings (SSSR count). The summed E-state index contributed by atoms with van der Waals surface area (Å²) in [5, 5.41) is 9.92. The van der Waals surface area contributed by atoms with E-state index in [1.54, 1.807) is 11.1 Å². The fraction of sp³-hybridized carbons (Fsp3) is 0.724. The number of phenols is 1. The second-order valence-electron chi connectivity index (χ2n) is 12.0. The van der Waals surface area contributed by atoms with Crippen LogP contribution in [0.5, 0.6) is 5.75 Å². The summed E-state index contributed by atoms with van der Waals surface area (Å²) < 4.78 is 0. The summed E-state index contributed by atoms with van der Waals surface area (Å²) in [6.45, 7) is 9.83. The van der Waals surface area contributed by atoms with Crippen molar-refractivity contribution in [3.8, 4) is 5.75 Å². The molecule has 0 spiro atoms. The summed E-state index contributed by atoms with van der Waals surface area (Å²) in [7, 11) is 4.41. The van der Waals surface area contributed by atoms with Crippen LogP contribution in [0.1, 0.15) is 96.1 Å². The van der Waals surface area contributed by atoms with E-state index in [-0.39, 0.29) is 0 Å². The molecule has 0 bridgehead atoms. The van der Waals surface area contributed by atoms with Crippen molar-refractivity contribution in [3.05, 3.63) is 41.0 Å². The standard InChI is InChI=1S/C29H45NO/c1-20(9-7-8-17-28(2,3)30(5)6)26-14-15-27-25-12-10-21-19-22(31)11-13-23(21)24(25)16-18-29(26,27)4/h11,13-14,19-20,24-25,27,31H,7-10,12,15-18H2,1-6H3/t20-,24-,25-,27+,29-/m1/s1. The Morgan fingerprint density at radius 1 is 1.19 bits per heavy atom. The van der Waals surface area contributed by atoms with Gasteiger partial charge in [0, 0.05) is 5.54 Å². The highest BCUT2D eigenvalue weighted by molar-refractivity contribution is 5.41. The van der Waals surface area contributed by atoms with E-state index in [0.29, 0.717) is 22.6 Å². The number of aryl methyl sites for hydroxylation is 1. The zero-order valence-electron chi connectivity index (χ0n) is 20.9. The van der Waals surface area contributed by atoms with Gasteiger partial charge in [-0.2, -0.15) is 0 Å². The number of unbranched alkanes of at least 4 members (excludes halogenated alkanes) is 1. The third-order valence-corrected chi connectivity index (χ3v) is 9.77. The molecule has 1 fully saturated rings. The second kappa shape index (κ2) is 8.58. The lowest BCUT2D eigenvalue weighted by Crippen LogP contribution is -2.42. The molecule has 3 aliphatic carbocycles. The van der Waals surface area contributed by atoms with Crippen LogP contribution in [0, 0.1) is 23.2 Å². The van der Waals surface area contributed by atoms with Crippen molar-refractivity contribution in [2.45, 2.75) is 96.9 Å². The van der Waals surface area contributed by atoms with Crippen LogP contribution < -0.4 is 0 Å². The number of allylic oxidation sites excluding steroid dienone is 2. The highest BCUT2D eigenvalue weighted by atomic mass is 16.3. The Bertz CT molecular complexity index is 822. The van der Waals surface area contributed by atoms with Crippen molar-refractivity contribution in [3.63, 3.8) is 0 Å². The molecular weight excluding hydrogens is 378 g/mol. The van der Waals surface area contributed by atoms with Crippen LogP contribution in [-0.2, 0) is 6.42 Å². The predicted molar refractivity (Wildman–Crippen MR) is 132 cm³/mol. The Balaban J connectivity index is 1.39. The number of fused-ring (bicyclic) bond motifs is 5. The lowest BCUT2D eigenvalue weighted by molar-refractivity contribution is 0.0686. The van der Waals surface area contributed by atoms with Crippen molar-refractivity contribution in [1.82, 2.24) is 4.90 Å². The topological polar surface area (TPSA) is 23.5 Å². The van der Waals surface area contributed by atoms with Crippen LogP contribution in [0.2, 0.25) is 0 Å². The molecule has 3 aliphatic rings. The molecule has 0 heterocycles. The van der Waals surface area contributed by atoms with Crippen molar-refractivity contribution in [1.29, 1.82) is 0 Å². The van der Waals surface area contributed by atoms with Gasteiger partial charge in [-0.25, -0.2) is 0 Å². The summed E-state index contributed by atoms with van der Waals surface area (Å²) in [5.41, 5.74) is 5.46. The number of hydrogen-bond donors (Lipinski definition) is 1. The number of rotatable bonds is 7. The summed E-state index contributed by atoms with van der Waals surface area (Å²) in [4.78, 5) is 2.36. The molecule has 1 aromatic carbocycles. The lowest BCUT2D eigenvalue weighted by Gasteiger charge is -2.51. The first-order chi connectivity index (χ1) is 14.6. The summed E-state index contributed by atoms with van der Waals surface area (Å²) in [6, 6.07) is 6.16. The molecule has 0 saturated heterocycles. The first-order valence-corrected chi connectivity index (χ1v) is 12.8. The smallest absolute Gasteiger partial charge is 0.115 e. The van der Waals surface area contributed by atoms with Gasteiger partial charge in [0.15, 0.2) is 0 Å². The average molecular weight is 424 g/mol. The molecule has 0 aliphatic heterocycles. The van der Waals surface area contributed by atoms with Crippen LogP contribution in [0.15, 0.2) is 29.8 Å². The maximum atomic E-state index is 9.92. The molecule has 1 N–H and O–H groups in total. The van der Waals surface area contributed by atoms with Gasteiger partial charge < -0.3 is 10.0 Å². The molecule has 1 aromatic rings. The molecule has 1 saturated carbocycles. The maximum Gasteiger partial charge on any atom is 0.115 e. The van der Waals surface area contributed by atoms with E-state index >= 15 is 0 Å². The van der Waals surface area contributed by atoms with Crippen molar-refractivity contribution in [2.75, 3.05) is 14.1 Å². The van der Waals surface area contributed by atoms with Crippen LogP contribution in [-0.4, -0.2) is 29.6 Å². The molecule has 0 radical (unpaired) electrons. The monoisotopic (exact) mass is 423 g/mol. The van der Waals surface area contributed by atoms with Crippen molar-refractivity contribution in [2.24, 2.45) is 23.2 Å². The molecule has 31 heavy (non-hydrogen) atoms. The summed E-state index contributed by atoms with van der Waals surface area (Å²) in [5.74, 6) is 3.50. The zero-order chi connectivity index (χ0) is 22.4. The number of benzene rings is 1. The number of phenolic OH excluding ortho intramolecular Hbond substituents is 1. The number of aromatic hydroxyl groups is 1. The normalized spacial score (nSPS) is 31.1. The highest BCUT2D eigenvalue weighted by Crippen LogP contribution is 2.62. The summed E-state index contributed by atoms with van der Waals surface area (Å²) >= 11 is 0. The fourth-order valence-corrected chi connectivity index (χ4v) is 7.32. The summed E-state index contributed by atoms with van der Waals surface area (Å²) in [6.07, 6.45) is 14.3. The van der Waals surface area contributed by atoms with E-state index in [9.17, 15) is 5.11 Å². The van der Waals surface area contributed by atoms with Gasteiger partial charge in [-0.1, -0.05) is 44.4 Å². The third kappa shape index (κ3) is 4.22. The molecule has 0 amide bonds. The van der Waals surface area contributed by atoms with Crippen LogP contribution in [0.4, 0.5) is 0 Å². The molecule has 0 unspecified atom stereocenters. The molecule has 172 valence electrons. The molecule has 2 nitrogen and oxygen atoms in total. The van der Waals surface area contributed by atoms with E-state index in [0.717, 1.165) is 24.2 Å². The molecule has 0 aromatic heterocycles. The van der Waals surface area contributed by atoms with Crippen molar-refractivity contribution >= 4 is 0 Å². The number of nitrogens with zero attached hydrogens (tertiary/aromatic N) is 1. The van der Waals surface area contributed by atoms with E-state index < -0.39 is 0 Å². The van der Waals surface area contributed by atoms with Gasteiger partial charge in [-0.3, -0.25) is 0 Å².